The van der Waals surface area contributed by atoms with Crippen molar-refractivity contribution in [3.8, 4) is 5.75 Å². The van der Waals surface area contributed by atoms with Crippen LogP contribution in [0.1, 0.15) is 24.5 Å². The fraction of sp³-hybridized carbons (Fsp3) is 0.500. The van der Waals surface area contributed by atoms with Crippen molar-refractivity contribution >= 4 is 23.4 Å². The molecule has 1 nitrogen and oxygen atoms in total. The summed E-state index contributed by atoms with van der Waals surface area (Å²) in [4.78, 5) is 0. The van der Waals surface area contributed by atoms with Crippen LogP contribution in [0.2, 0.25) is 5.02 Å². The molecule has 3 heteroatoms. The predicted octanol–water partition coefficient (Wildman–Crippen LogP) is 4.01. The largest absolute Gasteiger partial charge is 0.495 e. The van der Waals surface area contributed by atoms with Gasteiger partial charge >= 0.3 is 0 Å². The number of rotatable bonds is 2. The second-order valence-electron chi connectivity index (χ2n) is 4.13. The highest BCUT2D eigenvalue weighted by Gasteiger charge is 2.36. The molecule has 1 aliphatic heterocycles. The van der Waals surface area contributed by atoms with E-state index in [2.05, 4.69) is 19.9 Å². The Bertz CT molecular complexity index is 385. The summed E-state index contributed by atoms with van der Waals surface area (Å²) < 4.78 is 5.47. The molecular formula is C12H15ClOS. The van der Waals surface area contributed by atoms with E-state index in [4.69, 9.17) is 16.3 Å². The quantitative estimate of drug-likeness (QED) is 0.775. The van der Waals surface area contributed by atoms with Gasteiger partial charge in [-0.15, -0.1) is 0 Å². The van der Waals surface area contributed by atoms with Crippen molar-refractivity contribution < 1.29 is 4.74 Å². The molecule has 15 heavy (non-hydrogen) atoms. The van der Waals surface area contributed by atoms with Gasteiger partial charge in [0.1, 0.15) is 5.75 Å². The number of methoxy groups -OCH3 is 1. The minimum absolute atomic E-state index is 0.264. The molecule has 1 atom stereocenters. The lowest BCUT2D eigenvalue weighted by Gasteiger charge is -2.39. The highest BCUT2D eigenvalue weighted by molar-refractivity contribution is 8.01. The Morgan fingerprint density at radius 1 is 1.47 bits per heavy atom. The molecule has 1 aliphatic rings. The van der Waals surface area contributed by atoms with Gasteiger partial charge in [0.05, 0.1) is 12.1 Å². The molecule has 1 aromatic carbocycles. The predicted molar refractivity (Wildman–Crippen MR) is 67.2 cm³/mol. The Hall–Kier alpha value is -0.340. The van der Waals surface area contributed by atoms with E-state index in [-0.39, 0.29) is 4.75 Å². The molecular weight excluding hydrogens is 228 g/mol. The van der Waals surface area contributed by atoms with E-state index in [1.165, 1.54) is 23.3 Å². The number of thioether (sulfide) groups is 1. The lowest BCUT2D eigenvalue weighted by molar-refractivity contribution is 0.414. The molecule has 82 valence electrons. The number of hydrogen-bond donors (Lipinski definition) is 0. The number of halogens is 1. The first kappa shape index (κ1) is 11.2. The molecule has 0 bridgehead atoms. The number of hydrogen-bond acceptors (Lipinski definition) is 2. The fourth-order valence-electron chi connectivity index (χ4n) is 2.00. The van der Waals surface area contributed by atoms with Gasteiger partial charge < -0.3 is 4.74 Å². The van der Waals surface area contributed by atoms with Crippen LogP contribution in [-0.4, -0.2) is 12.9 Å². The van der Waals surface area contributed by atoms with Crippen LogP contribution in [0.15, 0.2) is 12.1 Å². The Morgan fingerprint density at radius 3 is 2.60 bits per heavy atom. The van der Waals surface area contributed by atoms with Gasteiger partial charge in [0.2, 0.25) is 0 Å². The Kier molecular flexibility index (Phi) is 2.91. The van der Waals surface area contributed by atoms with Gasteiger partial charge in [0.25, 0.3) is 0 Å². The third kappa shape index (κ3) is 1.85. The zero-order chi connectivity index (χ0) is 11.1. The third-order valence-corrected chi connectivity index (χ3v) is 4.83. The van der Waals surface area contributed by atoms with Crippen LogP contribution in [0.4, 0.5) is 0 Å². The van der Waals surface area contributed by atoms with Crippen molar-refractivity contribution in [3.05, 3.63) is 28.3 Å². The standard InChI is InChI=1S/C12H15ClOS/c1-8-6-11(14-3)10(13)7-9(8)12(2)4-5-15-12/h6-7H,4-5H2,1-3H3. The van der Waals surface area contributed by atoms with E-state index in [0.29, 0.717) is 5.02 Å². The van der Waals surface area contributed by atoms with Crippen molar-refractivity contribution in [1.82, 2.24) is 0 Å². The average molecular weight is 243 g/mol. The molecule has 1 heterocycles. The summed E-state index contributed by atoms with van der Waals surface area (Å²) in [7, 11) is 1.65. The van der Waals surface area contributed by atoms with Gasteiger partial charge in [-0.2, -0.15) is 11.8 Å². The molecule has 0 saturated carbocycles. The second kappa shape index (κ2) is 3.91. The van der Waals surface area contributed by atoms with E-state index in [0.717, 1.165) is 5.75 Å². The zero-order valence-corrected chi connectivity index (χ0v) is 10.8. The van der Waals surface area contributed by atoms with E-state index >= 15 is 0 Å². The minimum Gasteiger partial charge on any atom is -0.495 e. The second-order valence-corrected chi connectivity index (χ2v) is 6.14. The van der Waals surface area contributed by atoms with Crippen molar-refractivity contribution in [2.24, 2.45) is 0 Å². The topological polar surface area (TPSA) is 9.23 Å². The number of ether oxygens (including phenoxy) is 1. The summed E-state index contributed by atoms with van der Waals surface area (Å²) >= 11 is 8.15. The molecule has 2 rings (SSSR count). The highest BCUT2D eigenvalue weighted by atomic mass is 35.5. The summed E-state index contributed by atoms with van der Waals surface area (Å²) in [5.41, 5.74) is 2.62. The van der Waals surface area contributed by atoms with Gasteiger partial charge in [-0.05, 0) is 49.3 Å². The van der Waals surface area contributed by atoms with E-state index < -0.39 is 0 Å². The van der Waals surface area contributed by atoms with Gasteiger partial charge in [-0.1, -0.05) is 11.6 Å². The van der Waals surface area contributed by atoms with Gasteiger partial charge in [-0.25, -0.2) is 0 Å². The van der Waals surface area contributed by atoms with E-state index in [1.54, 1.807) is 7.11 Å². The normalized spacial score (nSPS) is 24.8. The van der Waals surface area contributed by atoms with Gasteiger partial charge in [0.15, 0.2) is 0 Å². The summed E-state index contributed by atoms with van der Waals surface area (Å²) in [5.74, 6) is 2.02. The fourth-order valence-corrected chi connectivity index (χ4v) is 3.43. The smallest absolute Gasteiger partial charge is 0.137 e. The molecule has 1 fully saturated rings. The maximum absolute atomic E-state index is 6.15. The summed E-state index contributed by atoms with van der Waals surface area (Å²) in [5, 5.41) is 0.715. The average Bonchev–Trinajstić information content (AvgIpc) is 2.17. The summed E-state index contributed by atoms with van der Waals surface area (Å²) in [6.07, 6.45) is 1.24. The Morgan fingerprint density at radius 2 is 2.13 bits per heavy atom. The van der Waals surface area contributed by atoms with Gasteiger partial charge in [0, 0.05) is 4.75 Å². The third-order valence-electron chi connectivity index (χ3n) is 3.07. The zero-order valence-electron chi connectivity index (χ0n) is 9.26. The first-order valence-corrected chi connectivity index (χ1v) is 6.42. The number of benzene rings is 1. The van der Waals surface area contributed by atoms with Crippen LogP contribution in [0, 0.1) is 6.92 Å². The lowest BCUT2D eigenvalue weighted by atomic mass is 9.92. The molecule has 0 radical (unpaired) electrons. The molecule has 1 saturated heterocycles. The minimum atomic E-state index is 0.264. The molecule has 1 unspecified atom stereocenters. The van der Waals surface area contributed by atoms with Crippen LogP contribution < -0.4 is 4.74 Å². The van der Waals surface area contributed by atoms with Crippen LogP contribution >= 0.6 is 23.4 Å². The summed E-state index contributed by atoms with van der Waals surface area (Å²) in [6.45, 7) is 4.41. The summed E-state index contributed by atoms with van der Waals surface area (Å²) in [6, 6.07) is 4.09. The molecule has 0 spiro atoms. The lowest BCUT2D eigenvalue weighted by Crippen LogP contribution is -2.28. The van der Waals surface area contributed by atoms with Crippen molar-refractivity contribution in [2.75, 3.05) is 12.9 Å². The molecule has 0 aromatic heterocycles. The van der Waals surface area contributed by atoms with Crippen molar-refractivity contribution in [2.45, 2.75) is 25.0 Å². The first-order chi connectivity index (χ1) is 7.07. The van der Waals surface area contributed by atoms with Crippen molar-refractivity contribution in [1.29, 1.82) is 0 Å². The Balaban J connectivity index is 2.45. The van der Waals surface area contributed by atoms with Crippen LogP contribution in [0.5, 0.6) is 5.75 Å². The van der Waals surface area contributed by atoms with Crippen molar-refractivity contribution in [3.63, 3.8) is 0 Å². The van der Waals surface area contributed by atoms with Gasteiger partial charge in [-0.3, -0.25) is 0 Å². The van der Waals surface area contributed by atoms with E-state index in [1.807, 2.05) is 17.8 Å². The van der Waals surface area contributed by atoms with E-state index in [9.17, 15) is 0 Å². The van der Waals surface area contributed by atoms with Crippen LogP contribution in [-0.2, 0) is 4.75 Å². The van der Waals surface area contributed by atoms with Crippen LogP contribution in [0.25, 0.3) is 0 Å². The SMILES string of the molecule is COc1cc(C)c(C2(C)CCS2)cc1Cl. The monoisotopic (exact) mass is 242 g/mol. The molecule has 0 N–H and O–H groups in total. The first-order valence-electron chi connectivity index (χ1n) is 5.05. The number of aryl methyl sites for hydroxylation is 1. The molecule has 0 aliphatic carbocycles. The molecule has 1 aromatic rings. The highest BCUT2D eigenvalue weighted by Crippen LogP contribution is 2.51. The maximum Gasteiger partial charge on any atom is 0.137 e. The Labute approximate surface area is 100 Å². The maximum atomic E-state index is 6.15. The molecule has 0 amide bonds. The van der Waals surface area contributed by atoms with Crippen LogP contribution in [0.3, 0.4) is 0 Å².